The van der Waals surface area contributed by atoms with E-state index >= 15 is 0 Å². The number of nitrogens with zero attached hydrogens (tertiary/aromatic N) is 4. The Kier molecular flexibility index (Phi) is 6.72. The zero-order valence-corrected chi connectivity index (χ0v) is 17.1. The maximum absolute atomic E-state index is 12.3. The van der Waals surface area contributed by atoms with E-state index in [1.54, 1.807) is 11.6 Å². The van der Waals surface area contributed by atoms with Crippen molar-refractivity contribution in [1.82, 2.24) is 25.5 Å². The number of esters is 1. The lowest BCUT2D eigenvalue weighted by atomic mass is 10.00. The van der Waals surface area contributed by atoms with Crippen molar-refractivity contribution in [3.05, 3.63) is 77.6 Å². The van der Waals surface area contributed by atoms with Crippen LogP contribution in [0, 0.1) is 0 Å². The van der Waals surface area contributed by atoms with Gasteiger partial charge in [-0.1, -0.05) is 60.7 Å². The molecule has 2 aromatic carbocycles. The van der Waals surface area contributed by atoms with Gasteiger partial charge in [-0.25, -0.2) is 4.68 Å². The summed E-state index contributed by atoms with van der Waals surface area (Å²) in [5, 5.41) is 16.0. The molecule has 1 aromatic heterocycles. The highest BCUT2D eigenvalue weighted by atomic mass is 16.5. The Hall–Kier alpha value is -3.06. The Morgan fingerprint density at radius 2 is 1.76 bits per heavy atom. The van der Waals surface area contributed by atoms with E-state index in [1.807, 2.05) is 62.4 Å². The van der Waals surface area contributed by atoms with Gasteiger partial charge in [0.25, 0.3) is 0 Å². The molecule has 29 heavy (non-hydrogen) atoms. The van der Waals surface area contributed by atoms with Crippen LogP contribution in [0.25, 0.3) is 0 Å². The summed E-state index contributed by atoms with van der Waals surface area (Å²) in [6, 6.07) is 19.6. The molecule has 0 aliphatic rings. The lowest BCUT2D eigenvalue weighted by Crippen LogP contribution is -2.39. The molecule has 0 aliphatic heterocycles. The van der Waals surface area contributed by atoms with Gasteiger partial charge in [-0.3, -0.25) is 4.79 Å². The van der Waals surface area contributed by atoms with E-state index in [4.69, 9.17) is 4.74 Å². The molecule has 0 saturated carbocycles. The maximum Gasteiger partial charge on any atom is 0.308 e. The highest BCUT2D eigenvalue weighted by Crippen LogP contribution is 2.27. The SMILES string of the molecule is CCOC(=O)CC(c1ccccc1)n1nnnc1C(C)(C)NCc1ccccc1. The van der Waals surface area contributed by atoms with Gasteiger partial charge in [0.1, 0.15) is 0 Å². The Bertz CT molecular complexity index is 909. The van der Waals surface area contributed by atoms with E-state index in [9.17, 15) is 4.79 Å². The van der Waals surface area contributed by atoms with Crippen LogP contribution in [-0.4, -0.2) is 32.8 Å². The van der Waals surface area contributed by atoms with Crippen molar-refractivity contribution in [3.8, 4) is 0 Å². The van der Waals surface area contributed by atoms with E-state index in [2.05, 4.69) is 33.0 Å². The molecular weight excluding hydrogens is 366 g/mol. The number of ether oxygens (including phenoxy) is 1. The predicted molar refractivity (Wildman–Crippen MR) is 110 cm³/mol. The fraction of sp³-hybridized carbons (Fsp3) is 0.364. The Morgan fingerprint density at radius 3 is 2.41 bits per heavy atom. The zero-order chi connectivity index (χ0) is 20.7. The van der Waals surface area contributed by atoms with E-state index < -0.39 is 5.54 Å². The van der Waals surface area contributed by atoms with Crippen LogP contribution < -0.4 is 5.32 Å². The van der Waals surface area contributed by atoms with Gasteiger partial charge in [-0.05, 0) is 42.3 Å². The van der Waals surface area contributed by atoms with Crippen molar-refractivity contribution in [3.63, 3.8) is 0 Å². The molecule has 3 aromatic rings. The summed E-state index contributed by atoms with van der Waals surface area (Å²) in [7, 11) is 0. The first-order valence-electron chi connectivity index (χ1n) is 9.79. The van der Waals surface area contributed by atoms with E-state index in [0.29, 0.717) is 19.0 Å². The molecule has 1 N–H and O–H groups in total. The highest BCUT2D eigenvalue weighted by Gasteiger charge is 2.31. The average molecular weight is 393 g/mol. The van der Waals surface area contributed by atoms with E-state index in [1.165, 1.54) is 5.56 Å². The summed E-state index contributed by atoms with van der Waals surface area (Å²) in [6.07, 6.45) is 0.157. The predicted octanol–water partition coefficient (Wildman–Crippen LogP) is 3.24. The number of benzene rings is 2. The van der Waals surface area contributed by atoms with Crippen LogP contribution in [0.1, 0.15) is 50.2 Å². The summed E-state index contributed by atoms with van der Waals surface area (Å²) >= 11 is 0. The smallest absolute Gasteiger partial charge is 0.308 e. The van der Waals surface area contributed by atoms with Crippen LogP contribution in [0.3, 0.4) is 0 Å². The van der Waals surface area contributed by atoms with Crippen LogP contribution in [0.15, 0.2) is 60.7 Å². The molecule has 3 rings (SSSR count). The van der Waals surface area contributed by atoms with Crippen molar-refractivity contribution in [2.45, 2.75) is 45.3 Å². The van der Waals surface area contributed by atoms with Crippen LogP contribution in [0.4, 0.5) is 0 Å². The Labute approximate surface area is 171 Å². The minimum Gasteiger partial charge on any atom is -0.466 e. The summed E-state index contributed by atoms with van der Waals surface area (Å²) < 4.78 is 6.91. The van der Waals surface area contributed by atoms with Gasteiger partial charge in [0.05, 0.1) is 24.6 Å². The average Bonchev–Trinajstić information content (AvgIpc) is 3.23. The number of hydrogen-bond donors (Lipinski definition) is 1. The standard InChI is InChI=1S/C22H27N5O2/c1-4-29-20(28)15-19(18-13-9-6-10-14-18)27-21(24-25-26-27)22(2,3)23-16-17-11-7-5-8-12-17/h5-14,19,23H,4,15-16H2,1-3H3. The highest BCUT2D eigenvalue weighted by molar-refractivity contribution is 5.70. The molecule has 0 fully saturated rings. The molecule has 1 unspecified atom stereocenters. The maximum atomic E-state index is 12.3. The van der Waals surface area contributed by atoms with Crippen molar-refractivity contribution in [1.29, 1.82) is 0 Å². The minimum atomic E-state index is -0.513. The summed E-state index contributed by atoms with van der Waals surface area (Å²) in [6.45, 7) is 6.88. The number of aromatic nitrogens is 4. The lowest BCUT2D eigenvalue weighted by Gasteiger charge is -2.28. The minimum absolute atomic E-state index is 0.157. The molecule has 0 radical (unpaired) electrons. The normalized spacial score (nSPS) is 12.5. The molecule has 0 spiro atoms. The first-order chi connectivity index (χ1) is 14.0. The summed E-state index contributed by atoms with van der Waals surface area (Å²) in [5.74, 6) is 0.379. The third-order valence-electron chi connectivity index (χ3n) is 4.77. The molecule has 7 nitrogen and oxygen atoms in total. The zero-order valence-electron chi connectivity index (χ0n) is 17.1. The number of nitrogens with one attached hydrogen (secondary N) is 1. The molecule has 152 valence electrons. The van der Waals surface area contributed by atoms with Gasteiger partial charge in [-0.2, -0.15) is 0 Å². The first-order valence-corrected chi connectivity index (χ1v) is 9.79. The Morgan fingerprint density at radius 1 is 1.10 bits per heavy atom. The quantitative estimate of drug-likeness (QED) is 0.562. The number of hydrogen-bond acceptors (Lipinski definition) is 6. The number of rotatable bonds is 9. The van der Waals surface area contributed by atoms with Gasteiger partial charge in [-0.15, -0.1) is 5.10 Å². The van der Waals surface area contributed by atoms with E-state index in [0.717, 1.165) is 5.56 Å². The van der Waals surface area contributed by atoms with E-state index in [-0.39, 0.29) is 18.4 Å². The molecule has 1 heterocycles. The third-order valence-corrected chi connectivity index (χ3v) is 4.77. The molecule has 1 atom stereocenters. The number of tetrazole rings is 1. The second-order valence-corrected chi connectivity index (χ2v) is 7.35. The fourth-order valence-electron chi connectivity index (χ4n) is 3.21. The molecule has 0 bridgehead atoms. The van der Waals surface area contributed by atoms with Crippen LogP contribution in [0.5, 0.6) is 0 Å². The summed E-state index contributed by atoms with van der Waals surface area (Å²) in [4.78, 5) is 12.3. The van der Waals surface area contributed by atoms with Crippen molar-refractivity contribution in [2.75, 3.05) is 6.61 Å². The van der Waals surface area contributed by atoms with Gasteiger partial charge < -0.3 is 10.1 Å². The van der Waals surface area contributed by atoms with Gasteiger partial charge in [0.2, 0.25) is 0 Å². The van der Waals surface area contributed by atoms with Crippen LogP contribution in [0.2, 0.25) is 0 Å². The second-order valence-electron chi connectivity index (χ2n) is 7.35. The second kappa shape index (κ2) is 9.43. The van der Waals surface area contributed by atoms with Gasteiger partial charge in [0.15, 0.2) is 5.82 Å². The molecule has 7 heteroatoms. The fourth-order valence-corrected chi connectivity index (χ4v) is 3.21. The van der Waals surface area contributed by atoms with Crippen molar-refractivity contribution in [2.24, 2.45) is 0 Å². The largest absolute Gasteiger partial charge is 0.466 e. The summed E-state index contributed by atoms with van der Waals surface area (Å²) in [5.41, 5.74) is 1.61. The topological polar surface area (TPSA) is 81.9 Å². The molecule has 0 amide bonds. The van der Waals surface area contributed by atoms with Crippen LogP contribution >= 0.6 is 0 Å². The van der Waals surface area contributed by atoms with Crippen molar-refractivity contribution >= 4 is 5.97 Å². The Balaban J connectivity index is 1.88. The first kappa shape index (κ1) is 20.7. The molecule has 0 saturated heterocycles. The van der Waals surface area contributed by atoms with Gasteiger partial charge >= 0.3 is 5.97 Å². The van der Waals surface area contributed by atoms with Crippen molar-refractivity contribution < 1.29 is 9.53 Å². The number of carbonyl (C=O) groups excluding carboxylic acids is 1. The monoisotopic (exact) mass is 393 g/mol. The third kappa shape index (κ3) is 5.26. The molecule has 0 aliphatic carbocycles. The number of carbonyl (C=O) groups is 1. The molecular formula is C22H27N5O2. The van der Waals surface area contributed by atoms with Crippen LogP contribution in [-0.2, 0) is 21.6 Å². The van der Waals surface area contributed by atoms with Gasteiger partial charge in [0, 0.05) is 6.54 Å². The lowest BCUT2D eigenvalue weighted by molar-refractivity contribution is -0.143.